The molecule has 0 heterocycles. The molecule has 4 nitrogen and oxygen atoms in total. The molecule has 0 aliphatic rings. The van der Waals surface area contributed by atoms with E-state index in [1.54, 1.807) is 6.92 Å². The first-order valence-electron chi connectivity index (χ1n) is 6.90. The Morgan fingerprint density at radius 3 is 2.41 bits per heavy atom. The zero-order valence-electron chi connectivity index (χ0n) is 12.5. The van der Waals surface area contributed by atoms with E-state index in [0.29, 0.717) is 6.61 Å². The van der Waals surface area contributed by atoms with Crippen molar-refractivity contribution >= 4 is 10.0 Å². The molecule has 2 aromatic rings. The molecule has 0 spiro atoms. The van der Waals surface area contributed by atoms with Crippen LogP contribution in [0.2, 0.25) is 0 Å². The van der Waals surface area contributed by atoms with E-state index in [9.17, 15) is 12.8 Å². The van der Waals surface area contributed by atoms with Crippen LogP contribution in [0, 0.1) is 12.7 Å². The second kappa shape index (κ2) is 6.89. The highest BCUT2D eigenvalue weighted by Gasteiger charge is 2.16. The molecule has 6 heteroatoms. The van der Waals surface area contributed by atoms with E-state index in [1.807, 2.05) is 31.2 Å². The van der Waals surface area contributed by atoms with Gasteiger partial charge in [-0.05, 0) is 37.6 Å². The molecule has 2 aromatic carbocycles. The summed E-state index contributed by atoms with van der Waals surface area (Å²) in [7, 11) is -3.77. The van der Waals surface area contributed by atoms with Crippen molar-refractivity contribution in [3.63, 3.8) is 0 Å². The fraction of sp³-hybridized carbons (Fsp3) is 0.250. The first-order valence-corrected chi connectivity index (χ1v) is 8.38. The Labute approximate surface area is 130 Å². The monoisotopic (exact) mass is 323 g/mol. The minimum atomic E-state index is -3.77. The van der Waals surface area contributed by atoms with E-state index in [1.165, 1.54) is 12.1 Å². The molecule has 0 aliphatic heterocycles. The molecule has 0 radical (unpaired) electrons. The summed E-state index contributed by atoms with van der Waals surface area (Å²) in [4.78, 5) is -0.124. The quantitative estimate of drug-likeness (QED) is 0.889. The van der Waals surface area contributed by atoms with Crippen molar-refractivity contribution < 1.29 is 17.5 Å². The van der Waals surface area contributed by atoms with Gasteiger partial charge in [-0.25, -0.2) is 17.5 Å². The molecule has 118 valence electrons. The Bertz CT molecular complexity index is 742. The van der Waals surface area contributed by atoms with Gasteiger partial charge in [0.2, 0.25) is 10.0 Å². The van der Waals surface area contributed by atoms with Crippen LogP contribution in [-0.2, 0) is 16.6 Å². The highest BCUT2D eigenvalue weighted by molar-refractivity contribution is 7.89. The van der Waals surface area contributed by atoms with Crippen LogP contribution < -0.4 is 9.46 Å². The van der Waals surface area contributed by atoms with E-state index >= 15 is 0 Å². The number of ether oxygens (including phenoxy) is 1. The van der Waals surface area contributed by atoms with Crippen molar-refractivity contribution in [3.8, 4) is 5.75 Å². The van der Waals surface area contributed by atoms with Gasteiger partial charge in [-0.15, -0.1) is 0 Å². The molecular weight excluding hydrogens is 305 g/mol. The standard InChI is InChI=1S/C16H18FNO3S/c1-3-21-16-9-8-14(10-15(16)17)22(19,20)18-11-13-6-4-12(2)5-7-13/h4-10,18H,3,11H2,1-2H3. The topological polar surface area (TPSA) is 55.4 Å². The Morgan fingerprint density at radius 1 is 1.14 bits per heavy atom. The van der Waals surface area contributed by atoms with Gasteiger partial charge in [0.25, 0.3) is 0 Å². The Hall–Kier alpha value is -1.92. The summed E-state index contributed by atoms with van der Waals surface area (Å²) in [5.41, 5.74) is 1.93. The van der Waals surface area contributed by atoms with Crippen molar-refractivity contribution in [2.45, 2.75) is 25.3 Å². The summed E-state index contributed by atoms with van der Waals surface area (Å²) >= 11 is 0. The number of hydrogen-bond acceptors (Lipinski definition) is 3. The van der Waals surface area contributed by atoms with Gasteiger partial charge in [0.1, 0.15) is 0 Å². The number of hydrogen-bond donors (Lipinski definition) is 1. The number of aryl methyl sites for hydroxylation is 1. The molecule has 0 bridgehead atoms. The Morgan fingerprint density at radius 2 is 1.82 bits per heavy atom. The Balaban J connectivity index is 2.13. The van der Waals surface area contributed by atoms with Crippen molar-refractivity contribution in [1.82, 2.24) is 4.72 Å². The maximum absolute atomic E-state index is 13.8. The van der Waals surface area contributed by atoms with Crippen LogP contribution in [0.15, 0.2) is 47.4 Å². The molecule has 0 saturated carbocycles. The van der Waals surface area contributed by atoms with Gasteiger partial charge in [-0.1, -0.05) is 29.8 Å². The van der Waals surface area contributed by atoms with Gasteiger partial charge < -0.3 is 4.74 Å². The molecular formula is C16H18FNO3S. The minimum absolute atomic E-state index is 0.0417. The molecule has 0 aromatic heterocycles. The molecule has 0 fully saturated rings. The van der Waals surface area contributed by atoms with Crippen molar-refractivity contribution in [3.05, 3.63) is 59.4 Å². The summed E-state index contributed by atoms with van der Waals surface area (Å²) in [6.45, 7) is 4.15. The fourth-order valence-corrected chi connectivity index (χ4v) is 2.92. The number of benzene rings is 2. The van der Waals surface area contributed by atoms with E-state index in [0.717, 1.165) is 17.2 Å². The lowest BCUT2D eigenvalue weighted by molar-refractivity contribution is 0.321. The predicted molar refractivity (Wildman–Crippen MR) is 82.8 cm³/mol. The highest BCUT2D eigenvalue weighted by Crippen LogP contribution is 2.21. The maximum Gasteiger partial charge on any atom is 0.240 e. The van der Waals surface area contributed by atoms with Gasteiger partial charge in [0.05, 0.1) is 11.5 Å². The van der Waals surface area contributed by atoms with Gasteiger partial charge in [0.15, 0.2) is 11.6 Å². The van der Waals surface area contributed by atoms with Crippen molar-refractivity contribution in [1.29, 1.82) is 0 Å². The van der Waals surface area contributed by atoms with Crippen molar-refractivity contribution in [2.75, 3.05) is 6.61 Å². The zero-order valence-corrected chi connectivity index (χ0v) is 13.3. The van der Waals surface area contributed by atoms with E-state index < -0.39 is 15.8 Å². The first kappa shape index (κ1) is 16.5. The molecule has 0 atom stereocenters. The second-order valence-electron chi connectivity index (χ2n) is 4.84. The van der Waals surface area contributed by atoms with E-state index in [-0.39, 0.29) is 17.2 Å². The SMILES string of the molecule is CCOc1ccc(S(=O)(=O)NCc2ccc(C)cc2)cc1F. The van der Waals surface area contributed by atoms with Gasteiger partial charge in [-0.3, -0.25) is 0 Å². The molecule has 0 unspecified atom stereocenters. The molecule has 0 amide bonds. The predicted octanol–water partition coefficient (Wildman–Crippen LogP) is 3.01. The summed E-state index contributed by atoms with van der Waals surface area (Å²) in [6.07, 6.45) is 0. The van der Waals surface area contributed by atoms with Crippen LogP contribution in [0.5, 0.6) is 5.75 Å². The highest BCUT2D eigenvalue weighted by atomic mass is 32.2. The number of nitrogens with one attached hydrogen (secondary N) is 1. The largest absolute Gasteiger partial charge is 0.491 e. The number of halogens is 1. The summed E-state index contributed by atoms with van der Waals surface area (Å²) in [5, 5.41) is 0. The summed E-state index contributed by atoms with van der Waals surface area (Å²) in [5.74, 6) is -0.653. The van der Waals surface area contributed by atoms with Crippen LogP contribution in [-0.4, -0.2) is 15.0 Å². The minimum Gasteiger partial charge on any atom is -0.491 e. The molecule has 0 saturated heterocycles. The Kier molecular flexibility index (Phi) is 5.15. The van der Waals surface area contributed by atoms with Crippen LogP contribution in [0.3, 0.4) is 0 Å². The lowest BCUT2D eigenvalue weighted by Gasteiger charge is -2.09. The molecule has 22 heavy (non-hydrogen) atoms. The summed E-state index contributed by atoms with van der Waals surface area (Å²) < 4.78 is 45.6. The van der Waals surface area contributed by atoms with Crippen LogP contribution in [0.4, 0.5) is 4.39 Å². The fourth-order valence-electron chi connectivity index (χ4n) is 1.89. The number of rotatable bonds is 6. The van der Waals surface area contributed by atoms with E-state index in [2.05, 4.69) is 4.72 Å². The third kappa shape index (κ3) is 4.05. The zero-order chi connectivity index (χ0) is 16.2. The molecule has 0 aliphatic carbocycles. The lowest BCUT2D eigenvalue weighted by atomic mass is 10.2. The normalized spacial score (nSPS) is 11.4. The number of sulfonamides is 1. The maximum atomic E-state index is 13.8. The lowest BCUT2D eigenvalue weighted by Crippen LogP contribution is -2.23. The van der Waals surface area contributed by atoms with Gasteiger partial charge in [-0.2, -0.15) is 0 Å². The molecule has 1 N–H and O–H groups in total. The van der Waals surface area contributed by atoms with Crippen molar-refractivity contribution in [2.24, 2.45) is 0 Å². The van der Waals surface area contributed by atoms with Crippen LogP contribution in [0.25, 0.3) is 0 Å². The smallest absolute Gasteiger partial charge is 0.240 e. The van der Waals surface area contributed by atoms with Gasteiger partial charge >= 0.3 is 0 Å². The average molecular weight is 323 g/mol. The van der Waals surface area contributed by atoms with Gasteiger partial charge in [0, 0.05) is 6.54 Å². The first-order chi connectivity index (χ1) is 10.4. The molecule has 2 rings (SSSR count). The summed E-state index contributed by atoms with van der Waals surface area (Å²) in [6, 6.07) is 11.1. The van der Waals surface area contributed by atoms with E-state index in [4.69, 9.17) is 4.74 Å². The third-order valence-corrected chi connectivity index (χ3v) is 4.50. The second-order valence-corrected chi connectivity index (χ2v) is 6.60. The third-order valence-electron chi connectivity index (χ3n) is 3.10. The average Bonchev–Trinajstić information content (AvgIpc) is 2.49. The van der Waals surface area contributed by atoms with Crippen LogP contribution >= 0.6 is 0 Å². The van der Waals surface area contributed by atoms with Crippen LogP contribution in [0.1, 0.15) is 18.1 Å².